The third kappa shape index (κ3) is 5.60. The monoisotopic (exact) mass is 276 g/mol. The van der Waals surface area contributed by atoms with Gasteiger partial charge in [0.05, 0.1) is 0 Å². The van der Waals surface area contributed by atoms with Crippen molar-refractivity contribution in [3.63, 3.8) is 0 Å². The van der Waals surface area contributed by atoms with Crippen LogP contribution in [0.2, 0.25) is 0 Å². The van der Waals surface area contributed by atoms with E-state index in [2.05, 4.69) is 26.1 Å². The first-order valence-corrected chi connectivity index (χ1v) is 6.90. The topological polar surface area (TPSA) is 65.3 Å². The third-order valence-electron chi connectivity index (χ3n) is 3.24. The van der Waals surface area contributed by atoms with Gasteiger partial charge in [-0.3, -0.25) is 0 Å². The van der Waals surface area contributed by atoms with Crippen LogP contribution < -0.4 is 10.1 Å². The second kappa shape index (κ2) is 7.88. The molecule has 0 aliphatic rings. The van der Waals surface area contributed by atoms with Crippen molar-refractivity contribution in [2.24, 2.45) is 5.41 Å². The van der Waals surface area contributed by atoms with Crippen molar-refractivity contribution >= 4 is 0 Å². The number of hydrogen-bond donors (Lipinski definition) is 2. The maximum absolute atomic E-state index is 9.13. The standard InChI is InChI=1S/C16H24N2O2/c1-16(2,3)15(8-10-19)18-12-13-4-6-14(7-5-13)20-11-9-17/h4-7,15,18-19H,8,10-12H2,1-3H3. The highest BCUT2D eigenvalue weighted by Gasteiger charge is 2.23. The predicted octanol–water partition coefficient (Wildman–Crippen LogP) is 2.48. The Morgan fingerprint density at radius 3 is 2.45 bits per heavy atom. The summed E-state index contributed by atoms with van der Waals surface area (Å²) in [5.41, 5.74) is 1.26. The van der Waals surface area contributed by atoms with Crippen molar-refractivity contribution in [1.29, 1.82) is 5.26 Å². The molecular formula is C16H24N2O2. The lowest BCUT2D eigenvalue weighted by molar-refractivity contribution is 0.196. The van der Waals surface area contributed by atoms with Gasteiger partial charge in [0.15, 0.2) is 6.61 Å². The van der Waals surface area contributed by atoms with Crippen LogP contribution >= 0.6 is 0 Å². The molecule has 1 unspecified atom stereocenters. The number of nitrogens with zero attached hydrogens (tertiary/aromatic N) is 1. The minimum atomic E-state index is 0.0696. The number of nitriles is 1. The fourth-order valence-electron chi connectivity index (χ4n) is 2.03. The van der Waals surface area contributed by atoms with Gasteiger partial charge in [0.1, 0.15) is 11.8 Å². The molecule has 0 radical (unpaired) electrons. The fraction of sp³-hybridized carbons (Fsp3) is 0.562. The van der Waals surface area contributed by atoms with Crippen molar-refractivity contribution in [3.8, 4) is 11.8 Å². The van der Waals surface area contributed by atoms with E-state index in [1.807, 2.05) is 30.3 Å². The highest BCUT2D eigenvalue weighted by Crippen LogP contribution is 2.22. The molecule has 1 aromatic carbocycles. The third-order valence-corrected chi connectivity index (χ3v) is 3.24. The molecule has 0 fully saturated rings. The maximum Gasteiger partial charge on any atom is 0.174 e. The zero-order valence-corrected chi connectivity index (χ0v) is 12.5. The summed E-state index contributed by atoms with van der Waals surface area (Å²) >= 11 is 0. The van der Waals surface area contributed by atoms with Gasteiger partial charge in [0.25, 0.3) is 0 Å². The Kier molecular flexibility index (Phi) is 6.50. The molecule has 2 N–H and O–H groups in total. The molecule has 4 heteroatoms. The summed E-state index contributed by atoms with van der Waals surface area (Å²) in [6.07, 6.45) is 0.743. The summed E-state index contributed by atoms with van der Waals surface area (Å²) in [5, 5.41) is 21.1. The lowest BCUT2D eigenvalue weighted by Crippen LogP contribution is -2.40. The molecule has 0 aromatic heterocycles. The molecule has 0 bridgehead atoms. The van der Waals surface area contributed by atoms with Gasteiger partial charge < -0.3 is 15.2 Å². The van der Waals surface area contributed by atoms with Gasteiger partial charge in [0, 0.05) is 19.2 Å². The van der Waals surface area contributed by atoms with Gasteiger partial charge in [0.2, 0.25) is 0 Å². The van der Waals surface area contributed by atoms with Crippen LogP contribution in [-0.2, 0) is 6.54 Å². The summed E-state index contributed by atoms with van der Waals surface area (Å²) in [4.78, 5) is 0. The molecule has 20 heavy (non-hydrogen) atoms. The zero-order valence-electron chi connectivity index (χ0n) is 12.5. The Morgan fingerprint density at radius 1 is 1.30 bits per heavy atom. The van der Waals surface area contributed by atoms with E-state index < -0.39 is 0 Å². The summed E-state index contributed by atoms with van der Waals surface area (Å²) in [5.74, 6) is 0.707. The Balaban J connectivity index is 2.54. The molecule has 0 saturated heterocycles. The summed E-state index contributed by atoms with van der Waals surface area (Å²) in [6, 6.07) is 9.91. The van der Waals surface area contributed by atoms with Crippen molar-refractivity contribution in [3.05, 3.63) is 29.8 Å². The maximum atomic E-state index is 9.13. The van der Waals surface area contributed by atoms with Crippen molar-refractivity contribution in [1.82, 2.24) is 5.32 Å². The Morgan fingerprint density at radius 2 is 1.95 bits per heavy atom. The van der Waals surface area contributed by atoms with E-state index in [4.69, 9.17) is 15.1 Å². The first kappa shape index (κ1) is 16.5. The molecule has 0 spiro atoms. The highest BCUT2D eigenvalue weighted by molar-refractivity contribution is 5.27. The van der Waals surface area contributed by atoms with Crippen LogP contribution in [0, 0.1) is 16.7 Å². The number of aliphatic hydroxyl groups excluding tert-OH is 1. The molecular weight excluding hydrogens is 252 g/mol. The minimum absolute atomic E-state index is 0.0696. The molecule has 110 valence electrons. The minimum Gasteiger partial charge on any atom is -0.479 e. The lowest BCUT2D eigenvalue weighted by Gasteiger charge is -2.31. The molecule has 0 aliphatic heterocycles. The summed E-state index contributed by atoms with van der Waals surface area (Å²) in [7, 11) is 0. The Labute approximate surface area is 121 Å². The quantitative estimate of drug-likeness (QED) is 0.803. The van der Waals surface area contributed by atoms with Gasteiger partial charge >= 0.3 is 0 Å². The van der Waals surface area contributed by atoms with E-state index in [9.17, 15) is 0 Å². The van der Waals surface area contributed by atoms with Gasteiger partial charge in [-0.25, -0.2) is 0 Å². The molecule has 4 nitrogen and oxygen atoms in total. The second-order valence-corrected chi connectivity index (χ2v) is 5.90. The van der Waals surface area contributed by atoms with Crippen LogP contribution in [0.15, 0.2) is 24.3 Å². The lowest BCUT2D eigenvalue weighted by atomic mass is 9.85. The van der Waals surface area contributed by atoms with Crippen molar-refractivity contribution in [2.75, 3.05) is 13.2 Å². The number of aliphatic hydroxyl groups is 1. The predicted molar refractivity (Wildman–Crippen MR) is 79.3 cm³/mol. The fourth-order valence-corrected chi connectivity index (χ4v) is 2.03. The van der Waals surface area contributed by atoms with E-state index in [0.717, 1.165) is 18.5 Å². The first-order valence-electron chi connectivity index (χ1n) is 6.90. The van der Waals surface area contributed by atoms with E-state index in [0.29, 0.717) is 5.75 Å². The van der Waals surface area contributed by atoms with Gasteiger partial charge in [-0.1, -0.05) is 32.9 Å². The highest BCUT2D eigenvalue weighted by atomic mass is 16.5. The molecule has 1 aromatic rings. The summed E-state index contributed by atoms with van der Waals surface area (Å²) < 4.78 is 5.21. The number of hydrogen-bond acceptors (Lipinski definition) is 4. The van der Waals surface area contributed by atoms with E-state index in [1.165, 1.54) is 0 Å². The van der Waals surface area contributed by atoms with Crippen LogP contribution in [0.4, 0.5) is 0 Å². The van der Waals surface area contributed by atoms with Crippen LogP contribution in [0.1, 0.15) is 32.8 Å². The SMILES string of the molecule is CC(C)(C)C(CCO)NCc1ccc(OCC#N)cc1. The van der Waals surface area contributed by atoms with Crippen LogP contribution in [0.25, 0.3) is 0 Å². The Hall–Kier alpha value is -1.57. The van der Waals surface area contributed by atoms with Crippen LogP contribution in [0.3, 0.4) is 0 Å². The Bertz CT molecular complexity index is 429. The van der Waals surface area contributed by atoms with Crippen LogP contribution in [0.5, 0.6) is 5.75 Å². The molecule has 0 amide bonds. The average molecular weight is 276 g/mol. The number of benzene rings is 1. The molecule has 0 saturated carbocycles. The number of ether oxygens (including phenoxy) is 1. The molecule has 0 heterocycles. The van der Waals surface area contributed by atoms with Crippen molar-refractivity contribution in [2.45, 2.75) is 39.8 Å². The second-order valence-electron chi connectivity index (χ2n) is 5.90. The molecule has 1 atom stereocenters. The van der Waals surface area contributed by atoms with Crippen LogP contribution in [-0.4, -0.2) is 24.4 Å². The average Bonchev–Trinajstić information content (AvgIpc) is 2.41. The van der Waals surface area contributed by atoms with Crippen molar-refractivity contribution < 1.29 is 9.84 Å². The van der Waals surface area contributed by atoms with Gasteiger partial charge in [-0.05, 0) is 29.5 Å². The molecule has 0 aliphatic carbocycles. The van der Waals surface area contributed by atoms with E-state index in [-0.39, 0.29) is 24.7 Å². The zero-order chi connectivity index (χ0) is 15.0. The normalized spacial score (nSPS) is 12.8. The smallest absolute Gasteiger partial charge is 0.174 e. The van der Waals surface area contributed by atoms with Gasteiger partial charge in [-0.15, -0.1) is 0 Å². The number of rotatable bonds is 7. The van der Waals surface area contributed by atoms with Gasteiger partial charge in [-0.2, -0.15) is 5.26 Å². The first-order chi connectivity index (χ1) is 9.47. The number of nitrogens with one attached hydrogen (secondary N) is 1. The van der Waals surface area contributed by atoms with E-state index >= 15 is 0 Å². The van der Waals surface area contributed by atoms with E-state index in [1.54, 1.807) is 0 Å². The molecule has 1 rings (SSSR count). The largest absolute Gasteiger partial charge is 0.479 e. The summed E-state index contributed by atoms with van der Waals surface area (Å²) in [6.45, 7) is 7.51.